The number of carboxylic acids is 1. The SMILES string of the molecule is CN(C(=O)CCSc1ccc(F)cc1)C(C)(C)C(=O)O. The maximum atomic E-state index is 12.7. The number of hydrogen-bond acceptors (Lipinski definition) is 3. The molecule has 110 valence electrons. The van der Waals surface area contributed by atoms with Crippen LogP contribution in [0.1, 0.15) is 20.3 Å². The van der Waals surface area contributed by atoms with Crippen molar-refractivity contribution >= 4 is 23.6 Å². The maximum absolute atomic E-state index is 12.7. The summed E-state index contributed by atoms with van der Waals surface area (Å²) < 4.78 is 12.7. The summed E-state index contributed by atoms with van der Waals surface area (Å²) in [6.07, 6.45) is 0.231. The summed E-state index contributed by atoms with van der Waals surface area (Å²) >= 11 is 1.43. The van der Waals surface area contributed by atoms with Gasteiger partial charge in [-0.2, -0.15) is 0 Å². The molecule has 1 N–H and O–H groups in total. The van der Waals surface area contributed by atoms with Gasteiger partial charge >= 0.3 is 5.97 Å². The number of amides is 1. The molecular weight excluding hydrogens is 281 g/mol. The van der Waals surface area contributed by atoms with E-state index in [4.69, 9.17) is 5.11 Å². The van der Waals surface area contributed by atoms with Gasteiger partial charge in [-0.05, 0) is 38.1 Å². The van der Waals surface area contributed by atoms with Gasteiger partial charge in [0.05, 0.1) is 0 Å². The monoisotopic (exact) mass is 299 g/mol. The van der Waals surface area contributed by atoms with Crippen molar-refractivity contribution in [3.63, 3.8) is 0 Å². The molecule has 1 amide bonds. The predicted molar refractivity (Wildman–Crippen MR) is 76.2 cm³/mol. The van der Waals surface area contributed by atoms with E-state index in [0.29, 0.717) is 5.75 Å². The summed E-state index contributed by atoms with van der Waals surface area (Å²) in [5, 5.41) is 9.06. The molecule has 0 fully saturated rings. The third-order valence-electron chi connectivity index (χ3n) is 3.13. The molecule has 0 spiro atoms. The normalized spacial score (nSPS) is 11.2. The van der Waals surface area contributed by atoms with Crippen molar-refractivity contribution in [1.29, 1.82) is 0 Å². The Morgan fingerprint density at radius 2 is 1.85 bits per heavy atom. The molecule has 0 heterocycles. The summed E-state index contributed by atoms with van der Waals surface area (Å²) in [5.41, 5.74) is -1.22. The highest BCUT2D eigenvalue weighted by molar-refractivity contribution is 7.99. The zero-order valence-electron chi connectivity index (χ0n) is 11.7. The number of rotatable bonds is 6. The van der Waals surface area contributed by atoms with Gasteiger partial charge in [-0.25, -0.2) is 9.18 Å². The van der Waals surface area contributed by atoms with Crippen molar-refractivity contribution < 1.29 is 19.1 Å². The highest BCUT2D eigenvalue weighted by atomic mass is 32.2. The second kappa shape index (κ2) is 6.74. The number of carboxylic acid groups (broad SMARTS) is 1. The molecule has 1 rings (SSSR count). The second-order valence-corrected chi connectivity index (χ2v) is 6.04. The van der Waals surface area contributed by atoms with Gasteiger partial charge < -0.3 is 10.0 Å². The highest BCUT2D eigenvalue weighted by Crippen LogP contribution is 2.20. The van der Waals surface area contributed by atoms with E-state index >= 15 is 0 Å². The molecule has 4 nitrogen and oxygen atoms in total. The lowest BCUT2D eigenvalue weighted by molar-refractivity contribution is -0.155. The summed E-state index contributed by atoms with van der Waals surface area (Å²) in [6.45, 7) is 2.97. The van der Waals surface area contributed by atoms with Gasteiger partial charge in [0.1, 0.15) is 11.4 Å². The lowest BCUT2D eigenvalue weighted by Gasteiger charge is -2.31. The van der Waals surface area contributed by atoms with Crippen LogP contribution in [-0.2, 0) is 9.59 Å². The third kappa shape index (κ3) is 4.23. The molecule has 1 aromatic carbocycles. The molecule has 0 aliphatic heterocycles. The molecule has 1 aromatic rings. The van der Waals surface area contributed by atoms with Crippen LogP contribution in [0, 0.1) is 5.82 Å². The Morgan fingerprint density at radius 3 is 2.35 bits per heavy atom. The van der Waals surface area contributed by atoms with Crippen LogP contribution in [0.4, 0.5) is 4.39 Å². The zero-order valence-corrected chi connectivity index (χ0v) is 12.5. The molecule has 6 heteroatoms. The first-order valence-corrected chi connectivity index (χ1v) is 7.12. The molecule has 0 radical (unpaired) electrons. The standard InChI is InChI=1S/C14H18FNO3S/c1-14(2,13(18)19)16(3)12(17)8-9-20-11-6-4-10(15)5-7-11/h4-7H,8-9H2,1-3H3,(H,18,19). The Balaban J connectivity index is 2.47. The summed E-state index contributed by atoms with van der Waals surface area (Å²) in [7, 11) is 1.49. The Labute approximate surface area is 122 Å². The van der Waals surface area contributed by atoms with Crippen molar-refractivity contribution in [3.8, 4) is 0 Å². The van der Waals surface area contributed by atoms with E-state index in [-0.39, 0.29) is 18.1 Å². The fourth-order valence-corrected chi connectivity index (χ4v) is 2.25. The van der Waals surface area contributed by atoms with Crippen LogP contribution in [0.5, 0.6) is 0 Å². The predicted octanol–water partition coefficient (Wildman–Crippen LogP) is 2.63. The smallest absolute Gasteiger partial charge is 0.329 e. The Bertz CT molecular complexity index is 488. The average molecular weight is 299 g/mol. The Kier molecular flexibility index (Phi) is 5.56. The largest absolute Gasteiger partial charge is 0.480 e. The Morgan fingerprint density at radius 1 is 1.30 bits per heavy atom. The van der Waals surface area contributed by atoms with Crippen LogP contribution < -0.4 is 0 Å². The second-order valence-electron chi connectivity index (χ2n) is 4.87. The number of nitrogens with zero attached hydrogens (tertiary/aromatic N) is 1. The first-order valence-electron chi connectivity index (χ1n) is 6.13. The van der Waals surface area contributed by atoms with Gasteiger partial charge in [0.25, 0.3) is 0 Å². The van der Waals surface area contributed by atoms with E-state index in [0.717, 1.165) is 4.90 Å². The van der Waals surface area contributed by atoms with Gasteiger partial charge in [0.15, 0.2) is 0 Å². The van der Waals surface area contributed by atoms with Crippen LogP contribution >= 0.6 is 11.8 Å². The first kappa shape index (κ1) is 16.5. The molecular formula is C14H18FNO3S. The van der Waals surface area contributed by atoms with E-state index in [1.165, 1.54) is 49.7 Å². The van der Waals surface area contributed by atoms with Gasteiger partial charge in [-0.3, -0.25) is 4.79 Å². The van der Waals surface area contributed by atoms with E-state index < -0.39 is 11.5 Å². The van der Waals surface area contributed by atoms with Gasteiger partial charge in [-0.1, -0.05) is 0 Å². The molecule has 0 atom stereocenters. The number of carbonyl (C=O) groups excluding carboxylic acids is 1. The number of aliphatic carboxylic acids is 1. The van der Waals surface area contributed by atoms with Crippen LogP contribution in [-0.4, -0.2) is 40.2 Å². The topological polar surface area (TPSA) is 57.6 Å². The fourth-order valence-electron chi connectivity index (χ4n) is 1.41. The van der Waals surface area contributed by atoms with Crippen LogP contribution in [0.25, 0.3) is 0 Å². The lowest BCUT2D eigenvalue weighted by atomic mass is 10.0. The van der Waals surface area contributed by atoms with Crippen molar-refractivity contribution in [2.24, 2.45) is 0 Å². The van der Waals surface area contributed by atoms with Crippen molar-refractivity contribution in [2.45, 2.75) is 30.7 Å². The van der Waals surface area contributed by atoms with Gasteiger partial charge in [0, 0.05) is 24.1 Å². The van der Waals surface area contributed by atoms with E-state index in [1.807, 2.05) is 0 Å². The number of halogens is 1. The van der Waals surface area contributed by atoms with E-state index in [1.54, 1.807) is 12.1 Å². The van der Waals surface area contributed by atoms with Crippen molar-refractivity contribution in [3.05, 3.63) is 30.1 Å². The zero-order chi connectivity index (χ0) is 15.3. The van der Waals surface area contributed by atoms with E-state index in [2.05, 4.69) is 0 Å². The minimum atomic E-state index is -1.22. The quantitative estimate of drug-likeness (QED) is 0.820. The number of hydrogen-bond donors (Lipinski definition) is 1. The third-order valence-corrected chi connectivity index (χ3v) is 4.15. The molecule has 0 bridgehead atoms. The molecule has 0 saturated heterocycles. The van der Waals surface area contributed by atoms with Gasteiger partial charge in [0.2, 0.25) is 5.91 Å². The van der Waals surface area contributed by atoms with Crippen molar-refractivity contribution in [1.82, 2.24) is 4.90 Å². The minimum absolute atomic E-state index is 0.230. The number of thioether (sulfide) groups is 1. The molecule has 20 heavy (non-hydrogen) atoms. The highest BCUT2D eigenvalue weighted by Gasteiger charge is 2.34. The summed E-state index contributed by atoms with van der Waals surface area (Å²) in [4.78, 5) is 25.1. The minimum Gasteiger partial charge on any atom is -0.480 e. The van der Waals surface area contributed by atoms with Crippen molar-refractivity contribution in [2.75, 3.05) is 12.8 Å². The molecule has 0 unspecified atom stereocenters. The number of likely N-dealkylation sites (N-methyl/N-ethyl adjacent to an activating group) is 1. The maximum Gasteiger partial charge on any atom is 0.329 e. The summed E-state index contributed by atoms with van der Waals surface area (Å²) in [6, 6.07) is 6.03. The fraction of sp³-hybridized carbons (Fsp3) is 0.429. The summed E-state index contributed by atoms with van der Waals surface area (Å²) in [5.74, 6) is -1.05. The molecule has 0 saturated carbocycles. The molecule has 0 aliphatic carbocycles. The van der Waals surface area contributed by atoms with E-state index in [9.17, 15) is 14.0 Å². The number of benzene rings is 1. The van der Waals surface area contributed by atoms with Crippen LogP contribution in [0.3, 0.4) is 0 Å². The average Bonchev–Trinajstić information content (AvgIpc) is 2.39. The number of carbonyl (C=O) groups is 2. The molecule has 0 aliphatic rings. The molecule has 0 aromatic heterocycles. The van der Waals surface area contributed by atoms with Crippen LogP contribution in [0.2, 0.25) is 0 Å². The Hall–Kier alpha value is -1.56. The first-order chi connectivity index (χ1) is 9.25. The lowest BCUT2D eigenvalue weighted by Crippen LogP contribution is -2.50. The van der Waals surface area contributed by atoms with Gasteiger partial charge in [-0.15, -0.1) is 11.8 Å². The van der Waals surface area contributed by atoms with Crippen LogP contribution in [0.15, 0.2) is 29.2 Å².